The van der Waals surface area contributed by atoms with Crippen LogP contribution in [0.2, 0.25) is 0 Å². The van der Waals surface area contributed by atoms with Crippen LogP contribution in [0.3, 0.4) is 0 Å². The van der Waals surface area contributed by atoms with E-state index in [-0.39, 0.29) is 4.90 Å². The summed E-state index contributed by atoms with van der Waals surface area (Å²) in [5, 5.41) is 2.85. The number of sulfonamides is 1. The quantitative estimate of drug-likeness (QED) is 0.743. The zero-order valence-electron chi connectivity index (χ0n) is 11.8. The van der Waals surface area contributed by atoms with Crippen molar-refractivity contribution in [2.75, 3.05) is 19.0 Å². The van der Waals surface area contributed by atoms with Crippen LogP contribution in [0, 0.1) is 0 Å². The molecule has 0 bridgehead atoms. The number of carbonyl (C=O) groups is 1. The first-order chi connectivity index (χ1) is 9.42. The lowest BCUT2D eigenvalue weighted by molar-refractivity contribution is -0.141. The summed E-state index contributed by atoms with van der Waals surface area (Å²) in [4.78, 5) is 11.5. The number of hydrogen-bond donors (Lipinski definition) is 2. The standard InChI is InChI=1S/C13H20N2O4S/c1-4-9-14-20(17,18)12-8-6-5-7-11(12)15-10(2)13(16)19-3/h5-8,10,14-15H,4,9H2,1-3H3. The predicted octanol–water partition coefficient (Wildman–Crippen LogP) is 1.35. The summed E-state index contributed by atoms with van der Waals surface area (Å²) in [7, 11) is -2.31. The number of methoxy groups -OCH3 is 1. The highest BCUT2D eigenvalue weighted by molar-refractivity contribution is 7.89. The Labute approximate surface area is 119 Å². The molecular formula is C13H20N2O4S. The van der Waals surface area contributed by atoms with E-state index >= 15 is 0 Å². The van der Waals surface area contributed by atoms with Crippen LogP contribution in [0.1, 0.15) is 20.3 Å². The normalized spacial score (nSPS) is 12.8. The van der Waals surface area contributed by atoms with Crippen molar-refractivity contribution in [1.29, 1.82) is 0 Å². The van der Waals surface area contributed by atoms with Crippen LogP contribution in [0.4, 0.5) is 5.69 Å². The van der Waals surface area contributed by atoms with Gasteiger partial charge in [0.1, 0.15) is 10.9 Å². The number of rotatable bonds is 7. The molecule has 0 fully saturated rings. The van der Waals surface area contributed by atoms with E-state index in [1.165, 1.54) is 13.2 Å². The first kappa shape index (κ1) is 16.5. The summed E-state index contributed by atoms with van der Waals surface area (Å²) in [5.74, 6) is -0.460. The van der Waals surface area contributed by atoms with Gasteiger partial charge in [0, 0.05) is 6.54 Å². The highest BCUT2D eigenvalue weighted by Gasteiger charge is 2.20. The van der Waals surface area contributed by atoms with E-state index in [0.29, 0.717) is 18.7 Å². The molecule has 1 rings (SSSR count). The van der Waals surface area contributed by atoms with E-state index in [4.69, 9.17) is 0 Å². The van der Waals surface area contributed by atoms with Gasteiger partial charge in [0.15, 0.2) is 0 Å². The monoisotopic (exact) mass is 300 g/mol. The van der Waals surface area contributed by atoms with Gasteiger partial charge >= 0.3 is 5.97 Å². The molecule has 6 nitrogen and oxygen atoms in total. The molecule has 0 saturated heterocycles. The highest BCUT2D eigenvalue weighted by atomic mass is 32.2. The maximum atomic E-state index is 12.2. The Kier molecular flexibility index (Phi) is 5.97. The van der Waals surface area contributed by atoms with E-state index in [0.717, 1.165) is 0 Å². The lowest BCUT2D eigenvalue weighted by Crippen LogP contribution is -2.30. The van der Waals surface area contributed by atoms with Gasteiger partial charge in [-0.05, 0) is 25.5 Å². The molecule has 0 amide bonds. The fourth-order valence-corrected chi connectivity index (χ4v) is 2.91. The van der Waals surface area contributed by atoms with Crippen LogP contribution < -0.4 is 10.0 Å². The average Bonchev–Trinajstić information content (AvgIpc) is 2.44. The minimum Gasteiger partial charge on any atom is -0.467 e. The summed E-state index contributed by atoms with van der Waals surface area (Å²) in [6.45, 7) is 3.85. The van der Waals surface area contributed by atoms with Gasteiger partial charge in [0.2, 0.25) is 10.0 Å². The average molecular weight is 300 g/mol. The highest BCUT2D eigenvalue weighted by Crippen LogP contribution is 2.21. The molecule has 0 aliphatic rings. The Morgan fingerprint density at radius 3 is 2.60 bits per heavy atom. The molecule has 112 valence electrons. The van der Waals surface area contributed by atoms with E-state index in [1.54, 1.807) is 25.1 Å². The fourth-order valence-electron chi connectivity index (χ4n) is 1.60. The Morgan fingerprint density at radius 1 is 1.35 bits per heavy atom. The van der Waals surface area contributed by atoms with Gasteiger partial charge in [0.25, 0.3) is 0 Å². The maximum Gasteiger partial charge on any atom is 0.327 e. The molecule has 0 spiro atoms. The molecule has 1 atom stereocenters. The first-order valence-electron chi connectivity index (χ1n) is 6.35. The Morgan fingerprint density at radius 2 is 2.00 bits per heavy atom. The molecule has 1 aromatic rings. The lowest BCUT2D eigenvalue weighted by atomic mass is 10.2. The van der Waals surface area contributed by atoms with Gasteiger partial charge in [-0.15, -0.1) is 0 Å². The third kappa shape index (κ3) is 4.21. The predicted molar refractivity (Wildman–Crippen MR) is 77.0 cm³/mol. The van der Waals surface area contributed by atoms with E-state index < -0.39 is 22.0 Å². The SMILES string of the molecule is CCCNS(=O)(=O)c1ccccc1NC(C)C(=O)OC. The van der Waals surface area contributed by atoms with Gasteiger partial charge in [-0.1, -0.05) is 19.1 Å². The minimum absolute atomic E-state index is 0.115. The van der Waals surface area contributed by atoms with Crippen molar-refractivity contribution in [3.05, 3.63) is 24.3 Å². The third-order valence-electron chi connectivity index (χ3n) is 2.65. The molecule has 0 radical (unpaired) electrons. The van der Waals surface area contributed by atoms with E-state index in [1.807, 2.05) is 6.92 Å². The summed E-state index contributed by atoms with van der Waals surface area (Å²) >= 11 is 0. The first-order valence-corrected chi connectivity index (χ1v) is 7.83. The van der Waals surface area contributed by atoms with Crippen molar-refractivity contribution in [3.8, 4) is 0 Å². The molecule has 0 aliphatic heterocycles. The van der Waals surface area contributed by atoms with Crippen molar-refractivity contribution < 1.29 is 17.9 Å². The molecule has 0 aliphatic carbocycles. The van der Waals surface area contributed by atoms with Crippen LogP contribution in [0.5, 0.6) is 0 Å². The largest absolute Gasteiger partial charge is 0.467 e. The van der Waals surface area contributed by atoms with Crippen LogP contribution in [0.15, 0.2) is 29.2 Å². The summed E-state index contributed by atoms with van der Waals surface area (Å²) in [6.07, 6.45) is 0.702. The molecule has 1 unspecified atom stereocenters. The van der Waals surface area contributed by atoms with Gasteiger partial charge in [-0.3, -0.25) is 0 Å². The minimum atomic E-state index is -3.60. The van der Waals surface area contributed by atoms with Crippen LogP contribution in [0.25, 0.3) is 0 Å². The van der Waals surface area contributed by atoms with Crippen molar-refractivity contribution in [1.82, 2.24) is 4.72 Å². The third-order valence-corrected chi connectivity index (χ3v) is 4.16. The molecule has 20 heavy (non-hydrogen) atoms. The number of hydrogen-bond acceptors (Lipinski definition) is 5. The van der Waals surface area contributed by atoms with Gasteiger partial charge in [0.05, 0.1) is 12.8 Å². The second kappa shape index (κ2) is 7.25. The van der Waals surface area contributed by atoms with Gasteiger partial charge in [-0.25, -0.2) is 17.9 Å². The van der Waals surface area contributed by atoms with E-state index in [9.17, 15) is 13.2 Å². The fraction of sp³-hybridized carbons (Fsp3) is 0.462. The Bertz CT molecular complexity index is 557. The molecule has 0 saturated carbocycles. The van der Waals surface area contributed by atoms with Crippen molar-refractivity contribution in [3.63, 3.8) is 0 Å². The second-order valence-corrected chi connectivity index (χ2v) is 6.02. The molecule has 2 N–H and O–H groups in total. The van der Waals surface area contributed by atoms with Gasteiger partial charge in [-0.2, -0.15) is 0 Å². The van der Waals surface area contributed by atoms with Crippen molar-refractivity contribution >= 4 is 21.7 Å². The molecule has 1 aromatic carbocycles. The number of para-hydroxylation sites is 1. The van der Waals surface area contributed by atoms with Gasteiger partial charge < -0.3 is 10.1 Å². The summed E-state index contributed by atoms with van der Waals surface area (Å²) < 4.78 is 31.4. The van der Waals surface area contributed by atoms with E-state index in [2.05, 4.69) is 14.8 Å². The second-order valence-electron chi connectivity index (χ2n) is 4.28. The van der Waals surface area contributed by atoms with Crippen molar-refractivity contribution in [2.24, 2.45) is 0 Å². The molecule has 7 heteroatoms. The Balaban J connectivity index is 3.02. The zero-order chi connectivity index (χ0) is 15.2. The summed E-state index contributed by atoms with van der Waals surface area (Å²) in [5.41, 5.74) is 0.369. The smallest absolute Gasteiger partial charge is 0.327 e. The summed E-state index contributed by atoms with van der Waals surface area (Å²) in [6, 6.07) is 5.80. The van der Waals surface area contributed by atoms with Crippen LogP contribution in [-0.4, -0.2) is 34.1 Å². The Hall–Kier alpha value is -1.60. The number of nitrogens with one attached hydrogen (secondary N) is 2. The van der Waals surface area contributed by atoms with Crippen molar-refractivity contribution in [2.45, 2.75) is 31.2 Å². The number of esters is 1. The van der Waals surface area contributed by atoms with Crippen LogP contribution in [-0.2, 0) is 19.6 Å². The molecular weight excluding hydrogens is 280 g/mol. The van der Waals surface area contributed by atoms with Crippen LogP contribution >= 0.6 is 0 Å². The maximum absolute atomic E-state index is 12.2. The topological polar surface area (TPSA) is 84.5 Å². The molecule has 0 heterocycles. The lowest BCUT2D eigenvalue weighted by Gasteiger charge is -2.16. The number of anilines is 1. The molecule has 0 aromatic heterocycles. The zero-order valence-corrected chi connectivity index (χ0v) is 12.7. The number of ether oxygens (including phenoxy) is 1. The number of carbonyl (C=O) groups excluding carboxylic acids is 1. The number of benzene rings is 1.